The summed E-state index contributed by atoms with van der Waals surface area (Å²) in [5.41, 5.74) is 1.09. The van der Waals surface area contributed by atoms with Gasteiger partial charge in [0.15, 0.2) is 0 Å². The summed E-state index contributed by atoms with van der Waals surface area (Å²) < 4.78 is 20.3. The number of amides is 1. The Morgan fingerprint density at radius 1 is 1.27 bits per heavy atom. The molecule has 0 bridgehead atoms. The highest BCUT2D eigenvalue weighted by Crippen LogP contribution is 2.24. The number of hydrogen-bond donors (Lipinski definition) is 1. The van der Waals surface area contributed by atoms with Crippen LogP contribution >= 0.6 is 11.8 Å². The van der Waals surface area contributed by atoms with Gasteiger partial charge >= 0.3 is 0 Å². The molecule has 1 N–H and O–H groups in total. The molecule has 0 atom stereocenters. The van der Waals surface area contributed by atoms with E-state index in [1.165, 1.54) is 16.8 Å². The highest BCUT2D eigenvalue weighted by molar-refractivity contribution is 7.99. The van der Waals surface area contributed by atoms with E-state index in [1.54, 1.807) is 24.3 Å². The number of aromatic nitrogens is 4. The number of benzene rings is 2. The van der Waals surface area contributed by atoms with Gasteiger partial charge < -0.3 is 10.1 Å². The molecule has 0 fully saturated rings. The van der Waals surface area contributed by atoms with Crippen molar-refractivity contribution in [3.63, 3.8) is 0 Å². The molecule has 0 spiro atoms. The number of nitrogens with zero attached hydrogens (tertiary/aromatic N) is 4. The average molecular weight is 373 g/mol. The van der Waals surface area contributed by atoms with Crippen LogP contribution in [-0.4, -0.2) is 38.5 Å². The predicted octanol–water partition coefficient (Wildman–Crippen LogP) is 2.93. The van der Waals surface area contributed by atoms with E-state index in [2.05, 4.69) is 20.8 Å². The molecule has 134 valence electrons. The minimum absolute atomic E-state index is 0.0934. The second kappa shape index (κ2) is 8.43. The zero-order valence-electron chi connectivity index (χ0n) is 13.9. The molecule has 7 nitrogen and oxygen atoms in total. The molecule has 1 aromatic heterocycles. The van der Waals surface area contributed by atoms with Crippen molar-refractivity contribution in [3.05, 3.63) is 54.3 Å². The fourth-order valence-corrected chi connectivity index (χ4v) is 2.90. The maximum absolute atomic E-state index is 13.4. The van der Waals surface area contributed by atoms with Gasteiger partial charge in [-0.2, -0.15) is 4.68 Å². The lowest BCUT2D eigenvalue weighted by Gasteiger charge is -2.11. The summed E-state index contributed by atoms with van der Waals surface area (Å²) in [5.74, 6) is 0.0870. The molecular weight excluding hydrogens is 357 g/mol. The molecule has 9 heteroatoms. The Morgan fingerprint density at radius 2 is 2.12 bits per heavy atom. The van der Waals surface area contributed by atoms with Gasteiger partial charge in [-0.05, 0) is 47.7 Å². The molecular formula is C17H16FN5O2S. The average Bonchev–Trinajstić information content (AvgIpc) is 3.10. The number of para-hydroxylation sites is 2. The molecule has 0 unspecified atom stereocenters. The first-order valence-corrected chi connectivity index (χ1v) is 8.84. The number of thioether (sulfide) groups is 1. The number of nitrogens with one attached hydrogen (secondary N) is 1. The third-order valence-electron chi connectivity index (χ3n) is 3.29. The predicted molar refractivity (Wildman–Crippen MR) is 96.1 cm³/mol. The molecule has 0 aliphatic heterocycles. The van der Waals surface area contributed by atoms with Crippen LogP contribution in [0.3, 0.4) is 0 Å². The normalized spacial score (nSPS) is 10.5. The standard InChI is InChI=1S/C17H16FN5O2S/c1-2-25-15-9-4-3-8-14(15)19-16(24)11-26-17-20-21-22-23(17)13-7-5-6-12(18)10-13/h3-10H,2,11H2,1H3,(H,19,24). The van der Waals surface area contributed by atoms with E-state index in [-0.39, 0.29) is 17.5 Å². The third-order valence-corrected chi connectivity index (χ3v) is 4.21. The van der Waals surface area contributed by atoms with Gasteiger partial charge in [0.2, 0.25) is 11.1 Å². The summed E-state index contributed by atoms with van der Waals surface area (Å²) >= 11 is 1.15. The molecule has 0 radical (unpaired) electrons. The molecule has 1 amide bonds. The fourth-order valence-electron chi connectivity index (χ4n) is 2.21. The Balaban J connectivity index is 1.65. The zero-order chi connectivity index (χ0) is 18.4. The number of carbonyl (C=O) groups is 1. The van der Waals surface area contributed by atoms with Crippen LogP contribution in [0.15, 0.2) is 53.7 Å². The highest BCUT2D eigenvalue weighted by atomic mass is 32.2. The number of anilines is 1. The van der Waals surface area contributed by atoms with Gasteiger partial charge in [0.05, 0.1) is 23.7 Å². The van der Waals surface area contributed by atoms with E-state index in [1.807, 2.05) is 19.1 Å². The Kier molecular flexibility index (Phi) is 5.80. The molecule has 0 saturated carbocycles. The van der Waals surface area contributed by atoms with Crippen molar-refractivity contribution >= 4 is 23.4 Å². The van der Waals surface area contributed by atoms with Crippen LogP contribution in [0.4, 0.5) is 10.1 Å². The van der Waals surface area contributed by atoms with E-state index in [9.17, 15) is 9.18 Å². The quantitative estimate of drug-likeness (QED) is 0.641. The summed E-state index contributed by atoms with van der Waals surface area (Å²) in [6.45, 7) is 2.38. The second-order valence-electron chi connectivity index (χ2n) is 5.12. The lowest BCUT2D eigenvalue weighted by molar-refractivity contribution is -0.113. The largest absolute Gasteiger partial charge is 0.492 e. The first kappa shape index (κ1) is 17.9. The van der Waals surface area contributed by atoms with Crippen LogP contribution < -0.4 is 10.1 Å². The van der Waals surface area contributed by atoms with Crippen LogP contribution in [-0.2, 0) is 4.79 Å². The van der Waals surface area contributed by atoms with Crippen LogP contribution in [0, 0.1) is 5.82 Å². The van der Waals surface area contributed by atoms with Crippen molar-refractivity contribution in [1.29, 1.82) is 0 Å². The summed E-state index contributed by atoms with van der Waals surface area (Å²) in [6.07, 6.45) is 0. The van der Waals surface area contributed by atoms with Gasteiger partial charge in [-0.3, -0.25) is 4.79 Å². The van der Waals surface area contributed by atoms with E-state index in [4.69, 9.17) is 4.74 Å². The molecule has 3 aromatic rings. The van der Waals surface area contributed by atoms with Crippen LogP contribution in [0.5, 0.6) is 5.75 Å². The second-order valence-corrected chi connectivity index (χ2v) is 6.06. The van der Waals surface area contributed by atoms with Crippen molar-refractivity contribution < 1.29 is 13.9 Å². The molecule has 0 aliphatic rings. The van der Waals surface area contributed by atoms with Gasteiger partial charge in [-0.1, -0.05) is 30.0 Å². The first-order chi connectivity index (χ1) is 12.7. The Hall–Kier alpha value is -2.94. The fraction of sp³-hybridized carbons (Fsp3) is 0.176. The van der Waals surface area contributed by atoms with Crippen molar-refractivity contribution in [2.45, 2.75) is 12.1 Å². The number of ether oxygens (including phenoxy) is 1. The van der Waals surface area contributed by atoms with E-state index in [0.29, 0.717) is 28.9 Å². The van der Waals surface area contributed by atoms with Crippen molar-refractivity contribution in [3.8, 4) is 11.4 Å². The monoisotopic (exact) mass is 373 g/mol. The van der Waals surface area contributed by atoms with E-state index in [0.717, 1.165) is 11.8 Å². The summed E-state index contributed by atoms with van der Waals surface area (Å²) in [5, 5.41) is 14.5. The maximum Gasteiger partial charge on any atom is 0.234 e. The van der Waals surface area contributed by atoms with Crippen LogP contribution in [0.2, 0.25) is 0 Å². The SMILES string of the molecule is CCOc1ccccc1NC(=O)CSc1nnnn1-c1cccc(F)c1. The van der Waals surface area contributed by atoms with Gasteiger partial charge in [0.1, 0.15) is 11.6 Å². The van der Waals surface area contributed by atoms with Crippen LogP contribution in [0.25, 0.3) is 5.69 Å². The van der Waals surface area contributed by atoms with Crippen molar-refractivity contribution in [1.82, 2.24) is 20.2 Å². The van der Waals surface area contributed by atoms with E-state index < -0.39 is 0 Å². The minimum atomic E-state index is -0.390. The summed E-state index contributed by atoms with van der Waals surface area (Å²) in [7, 11) is 0. The van der Waals surface area contributed by atoms with Gasteiger partial charge in [-0.15, -0.1) is 5.10 Å². The van der Waals surface area contributed by atoms with Crippen LogP contribution in [0.1, 0.15) is 6.92 Å². The topological polar surface area (TPSA) is 81.9 Å². The molecule has 0 saturated heterocycles. The molecule has 3 rings (SSSR count). The van der Waals surface area contributed by atoms with E-state index >= 15 is 0 Å². The lowest BCUT2D eigenvalue weighted by atomic mass is 10.3. The van der Waals surface area contributed by atoms with Crippen molar-refractivity contribution in [2.24, 2.45) is 0 Å². The highest BCUT2D eigenvalue weighted by Gasteiger charge is 2.13. The Morgan fingerprint density at radius 3 is 2.92 bits per heavy atom. The van der Waals surface area contributed by atoms with Gasteiger partial charge in [-0.25, -0.2) is 4.39 Å². The summed E-state index contributed by atoms with van der Waals surface area (Å²) in [4.78, 5) is 12.2. The number of hydrogen-bond acceptors (Lipinski definition) is 6. The molecule has 26 heavy (non-hydrogen) atoms. The number of tetrazole rings is 1. The summed E-state index contributed by atoms with van der Waals surface area (Å²) in [6, 6.07) is 13.1. The minimum Gasteiger partial charge on any atom is -0.492 e. The van der Waals surface area contributed by atoms with Gasteiger partial charge in [0.25, 0.3) is 0 Å². The molecule has 2 aromatic carbocycles. The lowest BCUT2D eigenvalue weighted by Crippen LogP contribution is -2.15. The van der Waals surface area contributed by atoms with Crippen molar-refractivity contribution in [2.75, 3.05) is 17.7 Å². The van der Waals surface area contributed by atoms with Gasteiger partial charge in [0, 0.05) is 0 Å². The maximum atomic E-state index is 13.4. The number of halogens is 1. The Bertz CT molecular complexity index is 902. The molecule has 1 heterocycles. The third kappa shape index (κ3) is 4.37. The smallest absolute Gasteiger partial charge is 0.234 e. The molecule has 0 aliphatic carbocycles. The zero-order valence-corrected chi connectivity index (χ0v) is 14.7. The number of carbonyl (C=O) groups excluding carboxylic acids is 1. The number of rotatable bonds is 7. The first-order valence-electron chi connectivity index (χ1n) is 7.86. The Labute approximate surface area is 153 Å².